The Hall–Kier alpha value is -5.91. The van der Waals surface area contributed by atoms with E-state index in [1.54, 1.807) is 22.7 Å². The predicted molar refractivity (Wildman–Crippen MR) is 274 cm³/mol. The van der Waals surface area contributed by atoms with Crippen LogP contribution < -0.4 is 10.6 Å². The number of nitrogens with one attached hydrogen (secondary N) is 2. The van der Waals surface area contributed by atoms with Crippen molar-refractivity contribution in [1.82, 2.24) is 35.3 Å². The third kappa shape index (κ3) is 11.5. The van der Waals surface area contributed by atoms with Gasteiger partial charge in [0, 0.05) is 47.0 Å². The summed E-state index contributed by atoms with van der Waals surface area (Å²) in [7, 11) is 0. The van der Waals surface area contributed by atoms with E-state index in [-0.39, 0.29) is 50.7 Å². The number of ether oxygens (including phenoxy) is 1. The van der Waals surface area contributed by atoms with Crippen molar-refractivity contribution < 1.29 is 29.0 Å². The molecule has 0 radical (unpaired) electrons. The number of carbonyl (C=O) groups is 4. The van der Waals surface area contributed by atoms with Gasteiger partial charge < -0.3 is 25.4 Å². The minimum atomic E-state index is -0.955. The quantitative estimate of drug-likeness (QED) is 0.0760. The summed E-state index contributed by atoms with van der Waals surface area (Å²) in [6, 6.07) is 21.1. The van der Waals surface area contributed by atoms with E-state index >= 15 is 0 Å². The number of β-amino-alcohol motifs (C(OH)–C–C–N with tert-alkyl or cyclic N) is 1. The van der Waals surface area contributed by atoms with Gasteiger partial charge >= 0.3 is 0 Å². The van der Waals surface area contributed by atoms with Gasteiger partial charge in [0.15, 0.2) is 11.6 Å². The number of aliphatic imine (C=N–C) groups is 1. The number of Topliss-reactive ketones (excluding diaryl/α,β-unsaturated/α-hetero) is 1. The Bertz CT molecular complexity index is 2920. The number of nitrogens with zero attached hydrogens (tertiary/aromatic N) is 6. The first-order valence-electron chi connectivity index (χ1n) is 23.5. The molecule has 366 valence electrons. The average Bonchev–Trinajstić information content (AvgIpc) is 4.10. The molecule has 2 aliphatic heterocycles. The van der Waals surface area contributed by atoms with Gasteiger partial charge in [-0.3, -0.25) is 28.7 Å². The fourth-order valence-electron chi connectivity index (χ4n) is 9.05. The first-order valence-corrected chi connectivity index (χ1v) is 25.6. The summed E-state index contributed by atoms with van der Waals surface area (Å²) in [4.78, 5) is 68.0. The Morgan fingerprint density at radius 1 is 0.914 bits per heavy atom. The Labute approximate surface area is 421 Å². The first kappa shape index (κ1) is 50.5. The van der Waals surface area contributed by atoms with E-state index in [4.69, 9.17) is 21.3 Å². The lowest BCUT2D eigenvalue weighted by atomic mass is 9.85. The van der Waals surface area contributed by atoms with Crippen LogP contribution in [0.5, 0.6) is 0 Å². The standard InChI is InChI=1S/C53H59ClN8O6S2/c1-30-32(3)70-52-46(30)47(37-16-18-39(54)19-17-37)57-41(50-60-59-33(4)62(50)52)25-44(65)55-26-36-10-8-9-35(23-36)21-22-68-28-45(66)58-49(53(5,6)7)51(67)61-27-40(63)24-42(61)43(64)20-13-34-11-14-38(15-12-34)48-31(2)56-29-69-48/h8-12,14-19,23,29,40-42,49,63H,13,20-22,24-28H2,1-7H3,(H,55,65)(H,58,66)/t40-,41+,42+,49-/m1/s1. The molecule has 0 saturated carbocycles. The van der Waals surface area contributed by atoms with Gasteiger partial charge in [-0.15, -0.1) is 32.9 Å². The number of halogens is 1. The number of aliphatic hydroxyl groups is 1. The monoisotopic (exact) mass is 1000 g/mol. The van der Waals surface area contributed by atoms with Crippen LogP contribution in [0.1, 0.15) is 102 Å². The second kappa shape index (κ2) is 21.6. The second-order valence-corrected chi connectivity index (χ2v) is 21.7. The summed E-state index contributed by atoms with van der Waals surface area (Å²) in [5.41, 5.74) is 9.82. The number of likely N-dealkylation sites (tertiary alicyclic amines) is 1. The molecule has 0 spiro atoms. The molecule has 0 unspecified atom stereocenters. The highest BCUT2D eigenvalue weighted by atomic mass is 35.5. The number of amides is 3. The van der Waals surface area contributed by atoms with Crippen molar-refractivity contribution in [3.63, 3.8) is 0 Å². The van der Waals surface area contributed by atoms with E-state index in [1.165, 1.54) is 4.90 Å². The van der Waals surface area contributed by atoms with Gasteiger partial charge in [-0.2, -0.15) is 0 Å². The van der Waals surface area contributed by atoms with Gasteiger partial charge in [0.25, 0.3) is 0 Å². The van der Waals surface area contributed by atoms with Crippen molar-refractivity contribution in [2.24, 2.45) is 10.4 Å². The lowest BCUT2D eigenvalue weighted by Gasteiger charge is -2.35. The molecule has 8 rings (SSSR count). The number of thiazole rings is 1. The summed E-state index contributed by atoms with van der Waals surface area (Å²) in [6.45, 7) is 13.9. The highest BCUT2D eigenvalue weighted by molar-refractivity contribution is 7.15. The van der Waals surface area contributed by atoms with Gasteiger partial charge in [0.1, 0.15) is 29.5 Å². The van der Waals surface area contributed by atoms with Gasteiger partial charge in [0.2, 0.25) is 17.7 Å². The van der Waals surface area contributed by atoms with Crippen molar-refractivity contribution in [1.29, 1.82) is 0 Å². The molecule has 3 aromatic carbocycles. The minimum Gasteiger partial charge on any atom is -0.391 e. The molecule has 1 saturated heterocycles. The van der Waals surface area contributed by atoms with Crippen LogP contribution in [0.4, 0.5) is 0 Å². The summed E-state index contributed by atoms with van der Waals surface area (Å²) < 4.78 is 7.83. The highest BCUT2D eigenvalue weighted by Crippen LogP contribution is 2.40. The average molecular weight is 1000 g/mol. The Morgan fingerprint density at radius 3 is 2.36 bits per heavy atom. The maximum absolute atomic E-state index is 14.1. The third-order valence-electron chi connectivity index (χ3n) is 13.0. The number of hydrogen-bond acceptors (Lipinski definition) is 12. The molecule has 3 amide bonds. The van der Waals surface area contributed by atoms with Gasteiger partial charge in [-0.05, 0) is 85.9 Å². The molecule has 14 nitrogen and oxygen atoms in total. The molecule has 5 heterocycles. The van der Waals surface area contributed by atoms with Crippen molar-refractivity contribution in [3.8, 4) is 15.4 Å². The summed E-state index contributed by atoms with van der Waals surface area (Å²) >= 11 is 9.51. The lowest BCUT2D eigenvalue weighted by molar-refractivity contribution is -0.144. The lowest BCUT2D eigenvalue weighted by Crippen LogP contribution is -2.57. The predicted octanol–water partition coefficient (Wildman–Crippen LogP) is 8.19. The van der Waals surface area contributed by atoms with Crippen molar-refractivity contribution in [2.75, 3.05) is 19.8 Å². The Kier molecular flexibility index (Phi) is 15.6. The number of thiophene rings is 1. The SMILES string of the molecule is Cc1ncsc1-c1ccc(CCC(=O)[C@@H]2C[C@@H](O)CN2C(=O)[C@@H](NC(=O)COCCc2cccc(CNC(=O)C[C@@H]3N=C(c4ccc(Cl)cc4)c4c(sc(C)c4C)-n4c(C)nnc43)c2)C(C)(C)C)cc1. The first-order chi connectivity index (χ1) is 33.4. The topological polar surface area (TPSA) is 181 Å². The smallest absolute Gasteiger partial charge is 0.246 e. The molecule has 0 aliphatic carbocycles. The molecule has 3 N–H and O–H groups in total. The van der Waals surface area contributed by atoms with Gasteiger partial charge in [-0.25, -0.2) is 4.98 Å². The number of ketones is 1. The number of aryl methyl sites for hydroxylation is 4. The fourth-order valence-corrected chi connectivity index (χ4v) is 11.2. The van der Waals surface area contributed by atoms with Crippen LogP contribution in [0.15, 0.2) is 83.3 Å². The summed E-state index contributed by atoms with van der Waals surface area (Å²) in [5, 5.41) is 27.1. The largest absolute Gasteiger partial charge is 0.391 e. The van der Waals surface area contributed by atoms with E-state index < -0.39 is 41.5 Å². The molecule has 17 heteroatoms. The third-order valence-corrected chi connectivity index (χ3v) is 15.4. The maximum Gasteiger partial charge on any atom is 0.246 e. The summed E-state index contributed by atoms with van der Waals surface area (Å²) in [6.07, 6.45) is 0.581. The van der Waals surface area contributed by atoms with Crippen LogP contribution in [0.3, 0.4) is 0 Å². The molecule has 1 fully saturated rings. The van der Waals surface area contributed by atoms with E-state index in [1.807, 2.05) is 117 Å². The van der Waals surface area contributed by atoms with Crippen LogP contribution in [0, 0.1) is 33.1 Å². The second-order valence-electron chi connectivity index (χ2n) is 19.2. The van der Waals surface area contributed by atoms with Crippen molar-refractivity contribution in [2.45, 2.75) is 111 Å². The van der Waals surface area contributed by atoms with E-state index in [0.29, 0.717) is 30.2 Å². The highest BCUT2D eigenvalue weighted by Gasteiger charge is 2.44. The number of aliphatic hydroxyl groups excluding tert-OH is 1. The number of rotatable bonds is 17. The number of aromatic nitrogens is 4. The molecule has 70 heavy (non-hydrogen) atoms. The van der Waals surface area contributed by atoms with Crippen LogP contribution >= 0.6 is 34.3 Å². The molecule has 3 aromatic heterocycles. The number of carbonyl (C=O) groups excluding carboxylic acids is 4. The van der Waals surface area contributed by atoms with Crippen LogP contribution in [0.2, 0.25) is 5.02 Å². The van der Waals surface area contributed by atoms with E-state index in [0.717, 1.165) is 70.9 Å². The van der Waals surface area contributed by atoms with E-state index in [2.05, 4.69) is 39.7 Å². The number of fused-ring (bicyclic) bond motifs is 3. The number of benzene rings is 3. The van der Waals surface area contributed by atoms with Gasteiger partial charge in [0.05, 0.1) is 47.0 Å². The normalized spacial score (nSPS) is 17.1. The summed E-state index contributed by atoms with van der Waals surface area (Å²) in [5.74, 6) is 0.139. The Balaban J connectivity index is 0.827. The van der Waals surface area contributed by atoms with Crippen LogP contribution in [0.25, 0.3) is 15.4 Å². The molecule has 2 aliphatic rings. The van der Waals surface area contributed by atoms with Gasteiger partial charge in [-0.1, -0.05) is 93.0 Å². The fraction of sp³-hybridized carbons (Fsp3) is 0.396. The maximum atomic E-state index is 14.1. The van der Waals surface area contributed by atoms with Crippen molar-refractivity contribution in [3.05, 3.63) is 139 Å². The molecule has 0 bridgehead atoms. The minimum absolute atomic E-state index is 0.0144. The molecule has 6 aromatic rings. The Morgan fingerprint density at radius 2 is 1.64 bits per heavy atom. The molecule has 4 atom stereocenters. The van der Waals surface area contributed by atoms with E-state index in [9.17, 15) is 24.3 Å². The van der Waals surface area contributed by atoms with Crippen LogP contribution in [-0.4, -0.2) is 96.9 Å². The zero-order valence-electron chi connectivity index (χ0n) is 40.5. The van der Waals surface area contributed by atoms with Crippen LogP contribution in [-0.2, 0) is 43.3 Å². The molecular weight excluding hydrogens is 944 g/mol. The molecular formula is C53H59ClN8O6S2. The zero-order chi connectivity index (χ0) is 49.9. The zero-order valence-corrected chi connectivity index (χ0v) is 42.9. The van der Waals surface area contributed by atoms with Crippen molar-refractivity contribution >= 4 is 63.5 Å². The number of hydrogen-bond donors (Lipinski definition) is 3.